The van der Waals surface area contributed by atoms with Crippen LogP contribution in [-0.4, -0.2) is 23.5 Å². The van der Waals surface area contributed by atoms with E-state index in [0.717, 1.165) is 25.1 Å². The summed E-state index contributed by atoms with van der Waals surface area (Å²) in [6.07, 6.45) is 6.03. The van der Waals surface area contributed by atoms with Crippen LogP contribution < -0.4 is 4.74 Å². The Hall–Kier alpha value is -2.29. The molecular formula is C23H27NO2. The van der Waals surface area contributed by atoms with Gasteiger partial charge < -0.3 is 9.64 Å². The number of nitrogens with zero attached hydrogens (tertiary/aromatic N) is 1. The zero-order chi connectivity index (χ0) is 17.9. The Morgan fingerprint density at radius 3 is 2.54 bits per heavy atom. The lowest BCUT2D eigenvalue weighted by atomic mass is 9.92. The van der Waals surface area contributed by atoms with Gasteiger partial charge in [0.2, 0.25) is 0 Å². The molecule has 1 atom stereocenters. The van der Waals surface area contributed by atoms with Crippen LogP contribution in [0.2, 0.25) is 0 Å². The molecule has 0 N–H and O–H groups in total. The first-order chi connectivity index (χ1) is 12.7. The Balaban J connectivity index is 1.46. The minimum absolute atomic E-state index is 0.111. The summed E-state index contributed by atoms with van der Waals surface area (Å²) in [6, 6.07) is 14.8. The Morgan fingerprint density at radius 2 is 1.73 bits per heavy atom. The molecule has 1 unspecified atom stereocenters. The summed E-state index contributed by atoms with van der Waals surface area (Å²) in [4.78, 5) is 15.0. The minimum Gasteiger partial charge on any atom is -0.481 e. The number of fused-ring (bicyclic) bond motifs is 2. The van der Waals surface area contributed by atoms with E-state index in [1.54, 1.807) is 0 Å². The molecule has 136 valence electrons. The summed E-state index contributed by atoms with van der Waals surface area (Å²) < 4.78 is 6.14. The van der Waals surface area contributed by atoms with Crippen LogP contribution in [0.4, 0.5) is 0 Å². The molecule has 0 bridgehead atoms. The number of aryl methyl sites for hydroxylation is 2. The number of hydrogen-bond donors (Lipinski definition) is 0. The summed E-state index contributed by atoms with van der Waals surface area (Å²) in [7, 11) is 0. The molecule has 1 heterocycles. The summed E-state index contributed by atoms with van der Waals surface area (Å²) in [6.45, 7) is 3.50. The Kier molecular flexibility index (Phi) is 4.96. The molecule has 0 saturated carbocycles. The summed E-state index contributed by atoms with van der Waals surface area (Å²) in [5.74, 6) is 0.947. The lowest BCUT2D eigenvalue weighted by Gasteiger charge is -2.31. The van der Waals surface area contributed by atoms with E-state index < -0.39 is 6.10 Å². The van der Waals surface area contributed by atoms with Crippen LogP contribution in [0.5, 0.6) is 5.75 Å². The van der Waals surface area contributed by atoms with Gasteiger partial charge >= 0.3 is 0 Å². The Bertz CT molecular complexity index is 799. The zero-order valence-corrected chi connectivity index (χ0v) is 15.5. The summed E-state index contributed by atoms with van der Waals surface area (Å²) in [5.41, 5.74) is 5.45. The van der Waals surface area contributed by atoms with Crippen molar-refractivity contribution in [2.75, 3.05) is 6.54 Å². The van der Waals surface area contributed by atoms with Crippen molar-refractivity contribution in [1.82, 2.24) is 4.90 Å². The minimum atomic E-state index is -0.401. The SMILES string of the molecule is CCC(Oc1ccc2c(c1)CCCC2)C(=O)N1CCc2ccccc2C1. The van der Waals surface area contributed by atoms with E-state index in [1.165, 1.54) is 41.5 Å². The average Bonchev–Trinajstić information content (AvgIpc) is 2.71. The van der Waals surface area contributed by atoms with Gasteiger partial charge in [-0.1, -0.05) is 37.3 Å². The van der Waals surface area contributed by atoms with Gasteiger partial charge in [-0.25, -0.2) is 0 Å². The fourth-order valence-corrected chi connectivity index (χ4v) is 4.14. The molecule has 1 aliphatic heterocycles. The lowest BCUT2D eigenvalue weighted by Crippen LogP contribution is -2.44. The zero-order valence-electron chi connectivity index (χ0n) is 15.5. The Morgan fingerprint density at radius 1 is 1.00 bits per heavy atom. The molecule has 0 aromatic heterocycles. The van der Waals surface area contributed by atoms with Gasteiger partial charge in [0.15, 0.2) is 6.10 Å². The molecule has 26 heavy (non-hydrogen) atoms. The average molecular weight is 349 g/mol. The van der Waals surface area contributed by atoms with Crippen molar-refractivity contribution in [2.45, 2.75) is 58.1 Å². The van der Waals surface area contributed by atoms with Crippen molar-refractivity contribution in [2.24, 2.45) is 0 Å². The third-order valence-corrected chi connectivity index (χ3v) is 5.69. The first-order valence-electron chi connectivity index (χ1n) is 9.88. The fourth-order valence-electron chi connectivity index (χ4n) is 4.14. The fraction of sp³-hybridized carbons (Fsp3) is 0.435. The molecule has 1 amide bonds. The highest BCUT2D eigenvalue weighted by Gasteiger charge is 2.27. The van der Waals surface area contributed by atoms with Crippen molar-refractivity contribution < 1.29 is 9.53 Å². The molecular weight excluding hydrogens is 322 g/mol. The van der Waals surface area contributed by atoms with Gasteiger partial charge in [-0.3, -0.25) is 4.79 Å². The first kappa shape index (κ1) is 17.1. The monoisotopic (exact) mass is 349 g/mol. The topological polar surface area (TPSA) is 29.5 Å². The van der Waals surface area contributed by atoms with Gasteiger partial charge in [-0.15, -0.1) is 0 Å². The van der Waals surface area contributed by atoms with E-state index in [2.05, 4.69) is 30.3 Å². The molecule has 0 radical (unpaired) electrons. The van der Waals surface area contributed by atoms with Crippen molar-refractivity contribution in [3.8, 4) is 5.75 Å². The Labute approximate surface area is 156 Å². The third-order valence-electron chi connectivity index (χ3n) is 5.69. The van der Waals surface area contributed by atoms with E-state index >= 15 is 0 Å². The highest BCUT2D eigenvalue weighted by molar-refractivity contribution is 5.81. The van der Waals surface area contributed by atoms with Crippen LogP contribution >= 0.6 is 0 Å². The third kappa shape index (κ3) is 3.48. The largest absolute Gasteiger partial charge is 0.481 e. The van der Waals surface area contributed by atoms with Crippen LogP contribution in [0.15, 0.2) is 42.5 Å². The molecule has 0 fully saturated rings. The standard InChI is InChI=1S/C23H27NO2/c1-2-22(26-21-12-11-17-7-3-5-9-19(17)15-21)23(25)24-14-13-18-8-4-6-10-20(18)16-24/h4,6,8,10-12,15,22H,2-3,5,7,9,13-14,16H2,1H3. The summed E-state index contributed by atoms with van der Waals surface area (Å²) >= 11 is 0. The summed E-state index contributed by atoms with van der Waals surface area (Å²) in [5, 5.41) is 0. The van der Waals surface area contributed by atoms with Crippen LogP contribution in [-0.2, 0) is 30.6 Å². The van der Waals surface area contributed by atoms with Crippen molar-refractivity contribution in [1.29, 1.82) is 0 Å². The molecule has 3 heteroatoms. The van der Waals surface area contributed by atoms with Gasteiger partial charge in [-0.2, -0.15) is 0 Å². The quantitative estimate of drug-likeness (QED) is 0.823. The van der Waals surface area contributed by atoms with E-state index in [-0.39, 0.29) is 5.91 Å². The van der Waals surface area contributed by atoms with E-state index in [9.17, 15) is 4.79 Å². The second kappa shape index (κ2) is 7.53. The highest BCUT2D eigenvalue weighted by Crippen LogP contribution is 2.27. The van der Waals surface area contributed by atoms with Gasteiger partial charge in [0, 0.05) is 13.1 Å². The first-order valence-corrected chi connectivity index (χ1v) is 9.88. The predicted molar refractivity (Wildman–Crippen MR) is 103 cm³/mol. The number of amides is 1. The van der Waals surface area contributed by atoms with Gasteiger partial charge in [-0.05, 0) is 72.9 Å². The van der Waals surface area contributed by atoms with Crippen LogP contribution in [0.25, 0.3) is 0 Å². The molecule has 2 aliphatic rings. The number of carbonyl (C=O) groups excluding carboxylic acids is 1. The molecule has 2 aromatic rings. The van der Waals surface area contributed by atoms with Gasteiger partial charge in [0.25, 0.3) is 5.91 Å². The number of hydrogen-bond acceptors (Lipinski definition) is 2. The smallest absolute Gasteiger partial charge is 0.263 e. The normalized spacial score (nSPS) is 17.2. The molecule has 4 rings (SSSR count). The predicted octanol–water partition coefficient (Wildman–Crippen LogP) is 4.31. The van der Waals surface area contributed by atoms with E-state index in [0.29, 0.717) is 13.0 Å². The molecule has 3 nitrogen and oxygen atoms in total. The number of carbonyl (C=O) groups is 1. The maximum Gasteiger partial charge on any atom is 0.263 e. The van der Waals surface area contributed by atoms with Crippen molar-refractivity contribution >= 4 is 5.91 Å². The van der Waals surface area contributed by atoms with Crippen molar-refractivity contribution in [3.05, 3.63) is 64.7 Å². The molecule has 0 saturated heterocycles. The van der Waals surface area contributed by atoms with Crippen LogP contribution in [0, 0.1) is 0 Å². The number of benzene rings is 2. The van der Waals surface area contributed by atoms with Crippen LogP contribution in [0.3, 0.4) is 0 Å². The van der Waals surface area contributed by atoms with E-state index in [1.807, 2.05) is 24.0 Å². The van der Waals surface area contributed by atoms with E-state index in [4.69, 9.17) is 4.74 Å². The van der Waals surface area contributed by atoms with Gasteiger partial charge in [0.05, 0.1) is 0 Å². The maximum absolute atomic E-state index is 13.0. The second-order valence-electron chi connectivity index (χ2n) is 7.43. The van der Waals surface area contributed by atoms with Crippen molar-refractivity contribution in [3.63, 3.8) is 0 Å². The van der Waals surface area contributed by atoms with Crippen LogP contribution in [0.1, 0.15) is 48.4 Å². The number of rotatable bonds is 4. The molecule has 2 aromatic carbocycles. The molecule has 0 spiro atoms. The second-order valence-corrected chi connectivity index (χ2v) is 7.43. The maximum atomic E-state index is 13.0. The highest BCUT2D eigenvalue weighted by atomic mass is 16.5. The lowest BCUT2D eigenvalue weighted by molar-refractivity contribution is -0.139. The van der Waals surface area contributed by atoms with Gasteiger partial charge in [0.1, 0.15) is 5.75 Å². The molecule has 1 aliphatic carbocycles. The number of ether oxygens (including phenoxy) is 1.